The first-order chi connectivity index (χ1) is 8.50. The molecule has 19 heavy (non-hydrogen) atoms. The number of carbonyl (C=O) groups excluding carboxylic acids is 2. The molecule has 5 nitrogen and oxygen atoms in total. The Balaban J connectivity index is 0.00000324. The maximum atomic E-state index is 11.7. The predicted octanol–water partition coefficient (Wildman–Crippen LogP) is 0.669. The summed E-state index contributed by atoms with van der Waals surface area (Å²) in [7, 11) is 0. The molecule has 0 aliphatic carbocycles. The Labute approximate surface area is 119 Å². The topological polar surface area (TPSA) is 84.2 Å². The van der Waals surface area contributed by atoms with E-state index in [9.17, 15) is 9.59 Å². The van der Waals surface area contributed by atoms with Crippen molar-refractivity contribution < 1.29 is 9.59 Å². The van der Waals surface area contributed by atoms with Gasteiger partial charge < -0.3 is 16.4 Å². The van der Waals surface area contributed by atoms with Gasteiger partial charge in [-0.3, -0.25) is 9.59 Å². The van der Waals surface area contributed by atoms with Gasteiger partial charge in [-0.15, -0.1) is 12.4 Å². The van der Waals surface area contributed by atoms with Gasteiger partial charge >= 0.3 is 0 Å². The molecule has 0 bridgehead atoms. The van der Waals surface area contributed by atoms with Crippen LogP contribution in [-0.4, -0.2) is 24.9 Å². The summed E-state index contributed by atoms with van der Waals surface area (Å²) >= 11 is 0. The SMILES string of the molecule is CC(=O)NCCNC(=O)C(N)c1ccc(C)cc1.Cl. The number of nitrogens with one attached hydrogen (secondary N) is 2. The summed E-state index contributed by atoms with van der Waals surface area (Å²) in [5.74, 6) is -0.365. The summed E-state index contributed by atoms with van der Waals surface area (Å²) in [4.78, 5) is 22.4. The van der Waals surface area contributed by atoms with Crippen LogP contribution in [0.4, 0.5) is 0 Å². The van der Waals surface area contributed by atoms with E-state index in [1.807, 2.05) is 31.2 Å². The number of hydrogen-bond donors (Lipinski definition) is 3. The molecule has 1 rings (SSSR count). The molecule has 2 amide bonds. The summed E-state index contributed by atoms with van der Waals surface area (Å²) < 4.78 is 0. The van der Waals surface area contributed by atoms with Crippen molar-refractivity contribution in [2.24, 2.45) is 5.73 Å². The minimum absolute atomic E-state index is 0. The fourth-order valence-corrected chi connectivity index (χ4v) is 1.46. The van der Waals surface area contributed by atoms with Gasteiger partial charge in [0.1, 0.15) is 6.04 Å². The minimum Gasteiger partial charge on any atom is -0.355 e. The molecule has 0 spiro atoms. The van der Waals surface area contributed by atoms with Crippen LogP contribution in [0.3, 0.4) is 0 Å². The van der Waals surface area contributed by atoms with E-state index in [0.29, 0.717) is 13.1 Å². The highest BCUT2D eigenvalue weighted by molar-refractivity contribution is 5.85. The Morgan fingerprint density at radius 3 is 2.21 bits per heavy atom. The first kappa shape index (κ1) is 17.4. The first-order valence-electron chi connectivity index (χ1n) is 5.85. The molecule has 1 aromatic rings. The minimum atomic E-state index is -0.678. The normalized spacial score (nSPS) is 11.1. The van der Waals surface area contributed by atoms with Crippen molar-refractivity contribution in [2.45, 2.75) is 19.9 Å². The maximum absolute atomic E-state index is 11.7. The van der Waals surface area contributed by atoms with Crippen molar-refractivity contribution in [1.82, 2.24) is 10.6 Å². The lowest BCUT2D eigenvalue weighted by Gasteiger charge is -2.13. The second-order valence-electron chi connectivity index (χ2n) is 4.16. The summed E-state index contributed by atoms with van der Waals surface area (Å²) in [6.07, 6.45) is 0. The van der Waals surface area contributed by atoms with E-state index in [1.165, 1.54) is 6.92 Å². The number of nitrogens with two attached hydrogens (primary N) is 1. The van der Waals surface area contributed by atoms with E-state index in [2.05, 4.69) is 10.6 Å². The molecule has 106 valence electrons. The average molecular weight is 286 g/mol. The number of hydrogen-bond acceptors (Lipinski definition) is 3. The fraction of sp³-hybridized carbons (Fsp3) is 0.385. The van der Waals surface area contributed by atoms with Crippen LogP contribution in [0.25, 0.3) is 0 Å². The second kappa shape index (κ2) is 8.50. The van der Waals surface area contributed by atoms with Gasteiger partial charge in [0.15, 0.2) is 0 Å². The first-order valence-corrected chi connectivity index (χ1v) is 5.85. The Hall–Kier alpha value is -1.59. The number of aryl methyl sites for hydroxylation is 1. The summed E-state index contributed by atoms with van der Waals surface area (Å²) in [6, 6.07) is 6.84. The highest BCUT2D eigenvalue weighted by atomic mass is 35.5. The van der Waals surface area contributed by atoms with Crippen molar-refractivity contribution in [3.8, 4) is 0 Å². The van der Waals surface area contributed by atoms with Crippen LogP contribution in [0, 0.1) is 6.92 Å². The fourth-order valence-electron chi connectivity index (χ4n) is 1.46. The van der Waals surface area contributed by atoms with Gasteiger partial charge in [0.05, 0.1) is 0 Å². The number of carbonyl (C=O) groups is 2. The van der Waals surface area contributed by atoms with Crippen molar-refractivity contribution >= 4 is 24.2 Å². The molecule has 0 fully saturated rings. The molecule has 1 unspecified atom stereocenters. The zero-order valence-corrected chi connectivity index (χ0v) is 11.9. The van der Waals surface area contributed by atoms with E-state index >= 15 is 0 Å². The molecule has 0 saturated carbocycles. The largest absolute Gasteiger partial charge is 0.355 e. The third-order valence-corrected chi connectivity index (χ3v) is 2.52. The van der Waals surface area contributed by atoms with Crippen LogP contribution >= 0.6 is 12.4 Å². The molecule has 1 atom stereocenters. The van der Waals surface area contributed by atoms with Crippen LogP contribution in [0.2, 0.25) is 0 Å². The smallest absolute Gasteiger partial charge is 0.241 e. The van der Waals surface area contributed by atoms with Crippen molar-refractivity contribution in [3.05, 3.63) is 35.4 Å². The van der Waals surface area contributed by atoms with Gasteiger partial charge in [-0.2, -0.15) is 0 Å². The molecule has 0 saturated heterocycles. The molecule has 0 heterocycles. The van der Waals surface area contributed by atoms with Gasteiger partial charge in [-0.1, -0.05) is 29.8 Å². The van der Waals surface area contributed by atoms with Gasteiger partial charge in [0, 0.05) is 20.0 Å². The quantitative estimate of drug-likeness (QED) is 0.695. The molecule has 0 aliphatic heterocycles. The third kappa shape index (κ3) is 6.22. The zero-order chi connectivity index (χ0) is 13.5. The van der Waals surface area contributed by atoms with E-state index < -0.39 is 6.04 Å². The molecule has 0 radical (unpaired) electrons. The molecular weight excluding hydrogens is 266 g/mol. The molecule has 1 aromatic carbocycles. The third-order valence-electron chi connectivity index (χ3n) is 2.52. The van der Waals surface area contributed by atoms with Crippen LogP contribution in [0.5, 0.6) is 0 Å². The summed E-state index contributed by atoms with van der Waals surface area (Å²) in [5.41, 5.74) is 7.73. The van der Waals surface area contributed by atoms with Gasteiger partial charge in [-0.25, -0.2) is 0 Å². The number of benzene rings is 1. The van der Waals surface area contributed by atoms with Crippen LogP contribution in [-0.2, 0) is 9.59 Å². The van der Waals surface area contributed by atoms with Crippen LogP contribution in [0.1, 0.15) is 24.1 Å². The van der Waals surface area contributed by atoms with E-state index in [-0.39, 0.29) is 24.2 Å². The molecule has 0 aliphatic rings. The Kier molecular flexibility index (Phi) is 7.79. The van der Waals surface area contributed by atoms with Crippen molar-refractivity contribution in [2.75, 3.05) is 13.1 Å². The summed E-state index contributed by atoms with van der Waals surface area (Å²) in [5, 5.41) is 5.26. The molecule has 4 N–H and O–H groups in total. The highest BCUT2D eigenvalue weighted by Crippen LogP contribution is 2.11. The second-order valence-corrected chi connectivity index (χ2v) is 4.16. The lowest BCUT2D eigenvalue weighted by Crippen LogP contribution is -2.38. The van der Waals surface area contributed by atoms with E-state index in [1.54, 1.807) is 0 Å². The van der Waals surface area contributed by atoms with E-state index in [4.69, 9.17) is 5.73 Å². The zero-order valence-electron chi connectivity index (χ0n) is 11.1. The maximum Gasteiger partial charge on any atom is 0.241 e. The molecule has 6 heteroatoms. The van der Waals surface area contributed by atoms with E-state index in [0.717, 1.165) is 11.1 Å². The van der Waals surface area contributed by atoms with Crippen LogP contribution < -0.4 is 16.4 Å². The van der Waals surface area contributed by atoms with Gasteiger partial charge in [0.25, 0.3) is 0 Å². The molecule has 0 aromatic heterocycles. The van der Waals surface area contributed by atoms with Crippen molar-refractivity contribution in [3.63, 3.8) is 0 Å². The number of amides is 2. The Morgan fingerprint density at radius 1 is 1.16 bits per heavy atom. The highest BCUT2D eigenvalue weighted by Gasteiger charge is 2.14. The Morgan fingerprint density at radius 2 is 1.68 bits per heavy atom. The average Bonchev–Trinajstić information content (AvgIpc) is 2.34. The lowest BCUT2D eigenvalue weighted by atomic mass is 10.1. The number of halogens is 1. The standard InChI is InChI=1S/C13H19N3O2.ClH/c1-9-3-5-11(6-4-9)12(14)13(18)16-8-7-15-10(2)17;/h3-6,12H,7-8,14H2,1-2H3,(H,15,17)(H,16,18);1H. The van der Waals surface area contributed by atoms with Crippen molar-refractivity contribution in [1.29, 1.82) is 0 Å². The summed E-state index contributed by atoms with van der Waals surface area (Å²) in [6.45, 7) is 4.18. The van der Waals surface area contributed by atoms with Crippen LogP contribution in [0.15, 0.2) is 24.3 Å². The number of rotatable bonds is 5. The predicted molar refractivity (Wildman–Crippen MR) is 77.0 cm³/mol. The molecular formula is C13H20ClN3O2. The van der Waals surface area contributed by atoms with Gasteiger partial charge in [-0.05, 0) is 12.5 Å². The monoisotopic (exact) mass is 285 g/mol. The Bertz CT molecular complexity index is 420. The van der Waals surface area contributed by atoms with Gasteiger partial charge in [0.2, 0.25) is 11.8 Å². The lowest BCUT2D eigenvalue weighted by molar-refractivity contribution is -0.123.